The third-order valence-corrected chi connectivity index (χ3v) is 3.17. The van der Waals surface area contributed by atoms with Gasteiger partial charge in [-0.05, 0) is 37.3 Å². The summed E-state index contributed by atoms with van der Waals surface area (Å²) in [5, 5.41) is 2.59. The number of benzene rings is 2. The lowest BCUT2D eigenvalue weighted by molar-refractivity contribution is 0.0925. The van der Waals surface area contributed by atoms with Crippen LogP contribution in [0.5, 0.6) is 11.5 Å². The molecule has 0 saturated carbocycles. The average Bonchev–Trinajstić information content (AvgIpc) is 2.53. The number of carbonyl (C=O) groups is 1. The van der Waals surface area contributed by atoms with E-state index in [1.54, 1.807) is 6.92 Å². The van der Waals surface area contributed by atoms with Crippen molar-refractivity contribution in [3.63, 3.8) is 0 Å². The maximum Gasteiger partial charge on any atom is 0.251 e. The molecule has 0 aliphatic rings. The molecule has 2 rings (SSSR count). The molecule has 1 atom stereocenters. The Balaban J connectivity index is 1.93. The molecule has 0 saturated heterocycles. The zero-order valence-electron chi connectivity index (χ0n) is 13.1. The molecule has 0 heterocycles. The zero-order valence-corrected chi connectivity index (χ0v) is 13.1. The van der Waals surface area contributed by atoms with Crippen LogP contribution >= 0.6 is 0 Å². The quantitative estimate of drug-likeness (QED) is 0.878. The van der Waals surface area contributed by atoms with Gasteiger partial charge in [-0.25, -0.2) is 13.2 Å². The molecule has 0 radical (unpaired) electrons. The second-order valence-corrected chi connectivity index (χ2v) is 5.11. The van der Waals surface area contributed by atoms with Crippen molar-refractivity contribution >= 4 is 5.91 Å². The second kappa shape index (κ2) is 7.72. The number of hydrogen-bond acceptors (Lipinski definition) is 3. The molecular weight excluding hydrogens is 323 g/mol. The SMILES string of the molecule is COc1ccc(C(=O)NC(C)COc2ccc(F)cc2F)cc1F. The molecule has 0 aliphatic carbocycles. The standard InChI is InChI=1S/C17H16F3NO3/c1-10(9-24-16-6-4-12(18)8-14(16)20)21-17(22)11-3-5-15(23-2)13(19)7-11/h3-8,10H,9H2,1-2H3,(H,21,22). The number of methoxy groups -OCH3 is 1. The van der Waals surface area contributed by atoms with Gasteiger partial charge in [0.05, 0.1) is 13.2 Å². The van der Waals surface area contributed by atoms with E-state index in [0.29, 0.717) is 6.07 Å². The van der Waals surface area contributed by atoms with E-state index >= 15 is 0 Å². The third-order valence-electron chi connectivity index (χ3n) is 3.17. The Morgan fingerprint density at radius 3 is 2.38 bits per heavy atom. The number of amides is 1. The van der Waals surface area contributed by atoms with Crippen LogP contribution in [0.2, 0.25) is 0 Å². The van der Waals surface area contributed by atoms with Crippen molar-refractivity contribution in [2.24, 2.45) is 0 Å². The van der Waals surface area contributed by atoms with Gasteiger partial charge in [0.1, 0.15) is 12.4 Å². The molecule has 4 nitrogen and oxygen atoms in total. The lowest BCUT2D eigenvalue weighted by Crippen LogP contribution is -2.36. The van der Waals surface area contributed by atoms with Gasteiger partial charge in [-0.15, -0.1) is 0 Å². The summed E-state index contributed by atoms with van der Waals surface area (Å²) in [7, 11) is 1.33. The van der Waals surface area contributed by atoms with E-state index in [2.05, 4.69) is 5.32 Å². The maximum atomic E-state index is 13.6. The van der Waals surface area contributed by atoms with Crippen molar-refractivity contribution < 1.29 is 27.4 Å². The van der Waals surface area contributed by atoms with Crippen LogP contribution in [-0.2, 0) is 0 Å². The normalized spacial score (nSPS) is 11.7. The van der Waals surface area contributed by atoms with Gasteiger partial charge in [0.15, 0.2) is 23.1 Å². The Kier molecular flexibility index (Phi) is 5.68. The van der Waals surface area contributed by atoms with E-state index in [0.717, 1.165) is 18.2 Å². The topological polar surface area (TPSA) is 47.6 Å². The molecule has 7 heteroatoms. The number of hydrogen-bond donors (Lipinski definition) is 1. The predicted molar refractivity (Wildman–Crippen MR) is 81.7 cm³/mol. The van der Waals surface area contributed by atoms with Gasteiger partial charge in [0, 0.05) is 11.6 Å². The molecule has 24 heavy (non-hydrogen) atoms. The number of carbonyl (C=O) groups excluding carboxylic acids is 1. The smallest absolute Gasteiger partial charge is 0.251 e. The van der Waals surface area contributed by atoms with E-state index < -0.39 is 29.4 Å². The molecule has 0 fully saturated rings. The summed E-state index contributed by atoms with van der Waals surface area (Å²) in [5.74, 6) is -2.77. The highest BCUT2D eigenvalue weighted by molar-refractivity contribution is 5.94. The van der Waals surface area contributed by atoms with Crippen molar-refractivity contribution in [1.29, 1.82) is 0 Å². The fourth-order valence-electron chi connectivity index (χ4n) is 1.96. The van der Waals surface area contributed by atoms with Crippen molar-refractivity contribution in [1.82, 2.24) is 5.32 Å². The van der Waals surface area contributed by atoms with Crippen molar-refractivity contribution in [3.05, 3.63) is 59.4 Å². The molecule has 2 aromatic carbocycles. The van der Waals surface area contributed by atoms with Crippen molar-refractivity contribution in [3.8, 4) is 11.5 Å². The molecule has 0 aromatic heterocycles. The van der Waals surface area contributed by atoms with E-state index in [1.165, 1.54) is 19.2 Å². The number of ether oxygens (including phenoxy) is 2. The van der Waals surface area contributed by atoms with E-state index in [-0.39, 0.29) is 23.7 Å². The maximum absolute atomic E-state index is 13.6. The highest BCUT2D eigenvalue weighted by atomic mass is 19.1. The predicted octanol–water partition coefficient (Wildman–Crippen LogP) is 3.31. The molecule has 1 unspecified atom stereocenters. The zero-order chi connectivity index (χ0) is 17.7. The second-order valence-electron chi connectivity index (χ2n) is 5.11. The Bertz CT molecular complexity index is 737. The van der Waals surface area contributed by atoms with E-state index in [9.17, 15) is 18.0 Å². The van der Waals surface area contributed by atoms with Gasteiger partial charge in [-0.2, -0.15) is 0 Å². The molecule has 2 aromatic rings. The van der Waals surface area contributed by atoms with Crippen LogP contribution < -0.4 is 14.8 Å². The van der Waals surface area contributed by atoms with Crippen LogP contribution in [-0.4, -0.2) is 25.7 Å². The highest BCUT2D eigenvalue weighted by Gasteiger charge is 2.14. The molecule has 128 valence electrons. The summed E-state index contributed by atoms with van der Waals surface area (Å²) in [6, 6.07) is 6.29. The first-order valence-corrected chi connectivity index (χ1v) is 7.13. The molecule has 0 spiro atoms. The Morgan fingerprint density at radius 1 is 1.08 bits per heavy atom. The van der Waals surface area contributed by atoms with Crippen LogP contribution in [0, 0.1) is 17.5 Å². The van der Waals surface area contributed by atoms with Gasteiger partial charge in [0.25, 0.3) is 5.91 Å². The van der Waals surface area contributed by atoms with Gasteiger partial charge in [-0.1, -0.05) is 0 Å². The number of rotatable bonds is 6. The lowest BCUT2D eigenvalue weighted by Gasteiger charge is -2.15. The van der Waals surface area contributed by atoms with Crippen LogP contribution in [0.15, 0.2) is 36.4 Å². The van der Waals surface area contributed by atoms with Gasteiger partial charge in [0.2, 0.25) is 0 Å². The van der Waals surface area contributed by atoms with Crippen LogP contribution in [0.3, 0.4) is 0 Å². The first-order chi connectivity index (χ1) is 11.4. The Labute approximate surface area is 137 Å². The van der Waals surface area contributed by atoms with Crippen LogP contribution in [0.1, 0.15) is 17.3 Å². The summed E-state index contributed by atoms with van der Waals surface area (Å²) in [6.07, 6.45) is 0. The highest BCUT2D eigenvalue weighted by Crippen LogP contribution is 2.19. The summed E-state index contributed by atoms with van der Waals surface area (Å²) < 4.78 is 49.8. The molecule has 0 aliphatic heterocycles. The number of nitrogens with one attached hydrogen (secondary N) is 1. The van der Waals surface area contributed by atoms with E-state index in [4.69, 9.17) is 9.47 Å². The summed E-state index contributed by atoms with van der Waals surface area (Å²) in [6.45, 7) is 1.60. The largest absolute Gasteiger partial charge is 0.494 e. The monoisotopic (exact) mass is 339 g/mol. The first kappa shape index (κ1) is 17.7. The van der Waals surface area contributed by atoms with Gasteiger partial charge < -0.3 is 14.8 Å². The average molecular weight is 339 g/mol. The molecule has 0 bridgehead atoms. The fraction of sp³-hybridized carbons (Fsp3) is 0.235. The minimum absolute atomic E-state index is 0.0348. The summed E-state index contributed by atoms with van der Waals surface area (Å²) in [5.41, 5.74) is 0.119. The first-order valence-electron chi connectivity index (χ1n) is 7.13. The Morgan fingerprint density at radius 2 is 1.75 bits per heavy atom. The summed E-state index contributed by atoms with van der Waals surface area (Å²) >= 11 is 0. The third kappa shape index (κ3) is 4.41. The minimum atomic E-state index is -0.828. The van der Waals surface area contributed by atoms with E-state index in [1.807, 2.05) is 0 Å². The van der Waals surface area contributed by atoms with Crippen molar-refractivity contribution in [2.45, 2.75) is 13.0 Å². The van der Waals surface area contributed by atoms with Gasteiger partial charge >= 0.3 is 0 Å². The summed E-state index contributed by atoms with van der Waals surface area (Å²) in [4.78, 5) is 12.0. The minimum Gasteiger partial charge on any atom is -0.494 e. The Hall–Kier alpha value is -2.70. The van der Waals surface area contributed by atoms with Crippen LogP contribution in [0.25, 0.3) is 0 Å². The molecule has 1 N–H and O–H groups in total. The van der Waals surface area contributed by atoms with Crippen LogP contribution in [0.4, 0.5) is 13.2 Å². The van der Waals surface area contributed by atoms with Gasteiger partial charge in [-0.3, -0.25) is 4.79 Å². The fourth-order valence-corrected chi connectivity index (χ4v) is 1.96. The number of halogens is 3. The molecule has 1 amide bonds. The lowest BCUT2D eigenvalue weighted by atomic mass is 10.2. The molecular formula is C17H16F3NO3. The van der Waals surface area contributed by atoms with Crippen molar-refractivity contribution in [2.75, 3.05) is 13.7 Å².